The number of carbonyl (C=O) groups excluding carboxylic acids is 2. The highest BCUT2D eigenvalue weighted by molar-refractivity contribution is 6.01. The Morgan fingerprint density at radius 1 is 0.851 bits per heavy atom. The Morgan fingerprint density at radius 2 is 1.65 bits per heavy atom. The lowest BCUT2D eigenvalue weighted by Gasteiger charge is -2.36. The van der Waals surface area contributed by atoms with E-state index in [0.29, 0.717) is 97.5 Å². The van der Waals surface area contributed by atoms with Gasteiger partial charge < -0.3 is 39.6 Å². The molecule has 16 nitrogen and oxygen atoms in total. The molecule has 6 aromatic rings. The zero-order chi connectivity index (χ0) is 51.3. The number of amides is 2. The summed E-state index contributed by atoms with van der Waals surface area (Å²) in [6, 6.07) is 21.7. The predicted molar refractivity (Wildman–Crippen MR) is 285 cm³/mol. The lowest BCUT2D eigenvalue weighted by Crippen LogP contribution is -2.50. The molecule has 4 aliphatic rings. The largest absolute Gasteiger partial charge is 0.392 e. The molecule has 10 rings (SSSR count). The minimum atomic E-state index is -0.545. The maximum absolute atomic E-state index is 15.4. The van der Waals surface area contributed by atoms with E-state index in [1.807, 2.05) is 53.6 Å². The number of ether oxygens (including phenoxy) is 2. The molecule has 3 aromatic heterocycles. The van der Waals surface area contributed by atoms with Crippen LogP contribution in [0.4, 0.5) is 27.3 Å². The van der Waals surface area contributed by atoms with E-state index in [1.54, 1.807) is 43.7 Å². The summed E-state index contributed by atoms with van der Waals surface area (Å²) in [5.74, 6) is -0.172. The summed E-state index contributed by atoms with van der Waals surface area (Å²) < 4.78 is 29.9. The summed E-state index contributed by atoms with van der Waals surface area (Å²) >= 11 is 0. The Kier molecular flexibility index (Phi) is 15.3. The van der Waals surface area contributed by atoms with Crippen LogP contribution in [-0.4, -0.2) is 113 Å². The van der Waals surface area contributed by atoms with Crippen LogP contribution in [0.2, 0.25) is 0 Å². The second-order valence-electron chi connectivity index (χ2n) is 19.7. The predicted octanol–water partition coefficient (Wildman–Crippen LogP) is 7.03. The molecule has 0 spiro atoms. The van der Waals surface area contributed by atoms with Gasteiger partial charge in [-0.05, 0) is 110 Å². The van der Waals surface area contributed by atoms with E-state index in [2.05, 4.69) is 37.3 Å². The first kappa shape index (κ1) is 50.4. The van der Waals surface area contributed by atoms with Crippen LogP contribution < -0.4 is 32.0 Å². The summed E-state index contributed by atoms with van der Waals surface area (Å²) in [7, 11) is 1.66. The second-order valence-corrected chi connectivity index (χ2v) is 19.7. The number of nitrogens with zero attached hydrogens (tertiary/aromatic N) is 6. The number of unbranched alkanes of at least 4 members (excludes halogenated alkanes) is 2. The molecule has 3 aliphatic heterocycles. The third kappa shape index (κ3) is 11.0. The number of fused-ring (bicyclic) bond motifs is 2. The fraction of sp³-hybridized carbons (Fsp3) is 0.386. The quantitative estimate of drug-likeness (QED) is 0.0428. The number of imide groups is 1. The normalized spacial score (nSPS) is 17.0. The van der Waals surface area contributed by atoms with E-state index in [9.17, 15) is 24.3 Å². The number of carbonyl (C=O) groups is 2. The number of piperidine rings is 1. The van der Waals surface area contributed by atoms with Crippen LogP contribution in [0.25, 0.3) is 33.3 Å². The number of benzene rings is 3. The number of aliphatic hydroxyl groups excluding tert-OH is 1. The summed E-state index contributed by atoms with van der Waals surface area (Å²) in [6.45, 7) is 12.1. The molecular formula is C57H64FN9O7. The first-order chi connectivity index (χ1) is 36.0. The van der Waals surface area contributed by atoms with Gasteiger partial charge in [0.15, 0.2) is 0 Å². The van der Waals surface area contributed by atoms with Gasteiger partial charge in [0.2, 0.25) is 11.8 Å². The van der Waals surface area contributed by atoms with Crippen LogP contribution in [0.1, 0.15) is 73.1 Å². The Hall–Kier alpha value is -7.18. The number of pyridine rings is 3. The van der Waals surface area contributed by atoms with Crippen molar-refractivity contribution in [1.82, 2.24) is 29.2 Å². The lowest BCUT2D eigenvalue weighted by atomic mass is 9.98. The van der Waals surface area contributed by atoms with Gasteiger partial charge in [-0.1, -0.05) is 36.9 Å². The minimum Gasteiger partial charge on any atom is -0.392 e. The van der Waals surface area contributed by atoms with Gasteiger partial charge in [0, 0.05) is 105 Å². The SMILES string of the molecule is C=C1c2cccc(NCCOCCOCCCCCN3CCN(c4ccc(Nc5cc(-c6cccc(-n7ccc8cc(C9CC9)cc(F)c8c7=O)c6CO)cn(C)c5=O)nc4)CC3)c2CN1C1CCC(=O)NC1=O. The van der Waals surface area contributed by atoms with Crippen LogP contribution in [0.5, 0.6) is 0 Å². The highest BCUT2D eigenvalue weighted by atomic mass is 19.1. The van der Waals surface area contributed by atoms with Gasteiger partial charge in [-0.15, -0.1) is 0 Å². The summed E-state index contributed by atoms with van der Waals surface area (Å²) in [4.78, 5) is 62.9. The van der Waals surface area contributed by atoms with Crippen molar-refractivity contribution in [3.8, 4) is 16.8 Å². The lowest BCUT2D eigenvalue weighted by molar-refractivity contribution is -0.136. The number of aliphatic hydroxyl groups is 1. The number of anilines is 4. The third-order valence-electron chi connectivity index (χ3n) is 14.8. The molecule has 17 heteroatoms. The Balaban J connectivity index is 0.633. The summed E-state index contributed by atoms with van der Waals surface area (Å²) in [5, 5.41) is 20.4. The molecule has 74 heavy (non-hydrogen) atoms. The standard InChI is InChI=1S/C57H64FN9O7/c1-37-43-8-6-10-48(45(43)35-67(37)51-15-17-53(69)62-55(51)70)59-19-27-74-29-28-73-26-5-3-4-20-64-22-24-65(25-23-64)42-14-16-52(60-33-42)61-49-32-41(34-63(2)56(49)71)44-9-7-11-50(46(44)36-68)66-21-18-39-30-40(38-12-13-38)31-47(58)54(39)57(66)72/h6-11,14,16,18,21,30-34,38,51,59,68H,1,3-5,12-13,15,17,19-20,22-29,35-36H2,2H3,(H,60,61)(H,62,69,70). The van der Waals surface area contributed by atoms with Crippen LogP contribution >= 0.6 is 0 Å². The van der Waals surface area contributed by atoms with E-state index in [4.69, 9.17) is 9.47 Å². The maximum Gasteiger partial charge on any atom is 0.274 e. The van der Waals surface area contributed by atoms with Crippen molar-refractivity contribution in [3.05, 3.63) is 147 Å². The highest BCUT2D eigenvalue weighted by Crippen LogP contribution is 2.42. The van der Waals surface area contributed by atoms with E-state index in [0.717, 1.165) is 98.6 Å². The Bertz CT molecular complexity index is 3180. The number of nitrogens with one attached hydrogen (secondary N) is 3. The molecule has 3 fully saturated rings. The van der Waals surface area contributed by atoms with Crippen LogP contribution in [0.3, 0.4) is 0 Å². The zero-order valence-electron chi connectivity index (χ0n) is 41.9. The van der Waals surface area contributed by atoms with Crippen molar-refractivity contribution in [3.63, 3.8) is 0 Å². The summed E-state index contributed by atoms with van der Waals surface area (Å²) in [5.41, 5.74) is 7.54. The summed E-state index contributed by atoms with van der Waals surface area (Å²) in [6.07, 6.45) is 11.2. The molecule has 2 saturated heterocycles. The van der Waals surface area contributed by atoms with E-state index < -0.39 is 24.0 Å². The van der Waals surface area contributed by atoms with Gasteiger partial charge in [-0.25, -0.2) is 9.37 Å². The molecule has 0 radical (unpaired) electrons. The second kappa shape index (κ2) is 22.5. The van der Waals surface area contributed by atoms with Crippen molar-refractivity contribution >= 4 is 51.2 Å². The van der Waals surface area contributed by atoms with E-state index >= 15 is 4.39 Å². The fourth-order valence-electron chi connectivity index (χ4n) is 10.6. The van der Waals surface area contributed by atoms with Gasteiger partial charge in [0.25, 0.3) is 11.1 Å². The number of aromatic nitrogens is 3. The van der Waals surface area contributed by atoms with Gasteiger partial charge in [-0.3, -0.25) is 34.0 Å². The molecular weight excluding hydrogens is 942 g/mol. The molecule has 4 N–H and O–H groups in total. The average molecular weight is 1010 g/mol. The number of hydrogen-bond acceptors (Lipinski definition) is 13. The number of hydrogen-bond donors (Lipinski definition) is 4. The van der Waals surface area contributed by atoms with E-state index in [1.165, 1.54) is 15.2 Å². The first-order valence-electron chi connectivity index (χ1n) is 25.8. The average Bonchev–Trinajstić information content (AvgIpc) is 4.21. The molecule has 1 aliphatic carbocycles. The first-order valence-corrected chi connectivity index (χ1v) is 25.8. The molecule has 1 atom stereocenters. The number of halogens is 1. The van der Waals surface area contributed by atoms with Crippen molar-refractivity contribution in [2.45, 2.75) is 70.1 Å². The molecule has 0 bridgehead atoms. The smallest absolute Gasteiger partial charge is 0.274 e. The van der Waals surface area contributed by atoms with E-state index in [-0.39, 0.29) is 22.8 Å². The van der Waals surface area contributed by atoms with Crippen molar-refractivity contribution < 1.29 is 28.6 Å². The van der Waals surface area contributed by atoms with Crippen molar-refractivity contribution in [2.75, 3.05) is 81.2 Å². The van der Waals surface area contributed by atoms with Crippen molar-refractivity contribution in [1.29, 1.82) is 0 Å². The van der Waals surface area contributed by atoms with Crippen molar-refractivity contribution in [2.24, 2.45) is 7.05 Å². The molecule has 2 amide bonds. The molecule has 1 unspecified atom stereocenters. The number of aryl methyl sites for hydroxylation is 1. The minimum absolute atomic E-state index is 0.0115. The highest BCUT2D eigenvalue weighted by Gasteiger charge is 2.37. The van der Waals surface area contributed by atoms with Gasteiger partial charge in [0.1, 0.15) is 23.4 Å². The van der Waals surface area contributed by atoms with Crippen LogP contribution in [-0.2, 0) is 39.3 Å². The van der Waals surface area contributed by atoms with Crippen LogP contribution in [0.15, 0.2) is 108 Å². The fourth-order valence-corrected chi connectivity index (χ4v) is 10.6. The Morgan fingerprint density at radius 3 is 2.42 bits per heavy atom. The number of piperazine rings is 1. The van der Waals surface area contributed by atoms with Gasteiger partial charge >= 0.3 is 0 Å². The monoisotopic (exact) mass is 1010 g/mol. The van der Waals surface area contributed by atoms with Gasteiger partial charge in [0.05, 0.1) is 49.4 Å². The van der Waals surface area contributed by atoms with Crippen LogP contribution in [0, 0.1) is 5.82 Å². The third-order valence-corrected chi connectivity index (χ3v) is 14.8. The maximum atomic E-state index is 15.4. The molecule has 6 heterocycles. The number of rotatable bonds is 21. The molecule has 3 aromatic carbocycles. The topological polar surface area (TPSA) is 176 Å². The molecule has 1 saturated carbocycles. The Labute approximate surface area is 429 Å². The van der Waals surface area contributed by atoms with Gasteiger partial charge in [-0.2, -0.15) is 0 Å². The zero-order valence-corrected chi connectivity index (χ0v) is 41.9. The molecule has 386 valence electrons.